The average Bonchev–Trinajstić information content (AvgIpc) is 3.05. The maximum Gasteiger partial charge on any atom is 0.373 e. The van der Waals surface area contributed by atoms with E-state index in [0.29, 0.717) is 18.4 Å². The van der Waals surface area contributed by atoms with Crippen LogP contribution in [0.4, 0.5) is 0 Å². The van der Waals surface area contributed by atoms with Crippen molar-refractivity contribution < 1.29 is 44.2 Å². The molecule has 0 aliphatic carbocycles. The molecule has 0 fully saturated rings. The molecule has 48 heavy (non-hydrogen) atoms. The molecular formula is C39H62O9. The van der Waals surface area contributed by atoms with Gasteiger partial charge in [0.25, 0.3) is 0 Å². The minimum absolute atomic E-state index is 0.0887. The summed E-state index contributed by atoms with van der Waals surface area (Å²) in [6.45, 7) is 16.4. The van der Waals surface area contributed by atoms with Gasteiger partial charge < -0.3 is 34.6 Å². The van der Waals surface area contributed by atoms with Crippen LogP contribution in [0.1, 0.15) is 75.2 Å². The third-order valence-electron chi connectivity index (χ3n) is 9.45. The molecule has 272 valence electrons. The Hall–Kier alpha value is -2.82. The Balaban J connectivity index is 3.59. The number of methoxy groups -OCH3 is 2. The number of aliphatic hydroxyl groups excluding tert-OH is 4. The molecule has 0 aromatic rings. The van der Waals surface area contributed by atoms with Crippen LogP contribution in [0.3, 0.4) is 0 Å². The molecule has 12 atom stereocenters. The molecule has 9 nitrogen and oxygen atoms in total. The van der Waals surface area contributed by atoms with Crippen molar-refractivity contribution in [3.8, 4) is 0 Å². The topological polar surface area (TPSA) is 143 Å². The number of carbonyl (C=O) groups excluding carboxylic acids is 2. The highest BCUT2D eigenvalue weighted by atomic mass is 16.6. The number of rotatable bonds is 11. The molecular weight excluding hydrogens is 612 g/mol. The fraction of sp³-hybridized carbons (Fsp3) is 0.641. The molecule has 0 aromatic heterocycles. The highest BCUT2D eigenvalue weighted by Crippen LogP contribution is 2.30. The monoisotopic (exact) mass is 674 g/mol. The molecule has 0 bridgehead atoms. The summed E-state index contributed by atoms with van der Waals surface area (Å²) in [6, 6.07) is 0. The summed E-state index contributed by atoms with van der Waals surface area (Å²) in [6.07, 6.45) is 11.0. The molecule has 0 radical (unpaired) electrons. The van der Waals surface area contributed by atoms with Crippen LogP contribution >= 0.6 is 0 Å². The molecule has 1 aliphatic heterocycles. The summed E-state index contributed by atoms with van der Waals surface area (Å²) in [5.41, 5.74) is 1.65. The quantitative estimate of drug-likeness (QED) is 0.124. The highest BCUT2D eigenvalue weighted by molar-refractivity contribution is 5.92. The number of hydrogen-bond acceptors (Lipinski definition) is 9. The van der Waals surface area contributed by atoms with E-state index in [0.717, 1.165) is 5.57 Å². The summed E-state index contributed by atoms with van der Waals surface area (Å²) < 4.78 is 17.2. The third-order valence-corrected chi connectivity index (χ3v) is 9.45. The zero-order chi connectivity index (χ0) is 36.7. The van der Waals surface area contributed by atoms with Gasteiger partial charge in [-0.25, -0.2) is 4.79 Å². The Morgan fingerprint density at radius 1 is 1.08 bits per heavy atom. The molecule has 1 heterocycles. The summed E-state index contributed by atoms with van der Waals surface area (Å²) in [4.78, 5) is 26.6. The van der Waals surface area contributed by atoms with Crippen LogP contribution in [0.15, 0.2) is 71.6 Å². The predicted molar refractivity (Wildman–Crippen MR) is 190 cm³/mol. The Bertz CT molecular complexity index is 1200. The van der Waals surface area contributed by atoms with E-state index >= 15 is 0 Å². The lowest BCUT2D eigenvalue weighted by atomic mass is 9.79. The van der Waals surface area contributed by atoms with E-state index in [1.54, 1.807) is 65.0 Å². The van der Waals surface area contributed by atoms with Crippen molar-refractivity contribution in [3.63, 3.8) is 0 Å². The molecule has 0 saturated heterocycles. The van der Waals surface area contributed by atoms with Crippen molar-refractivity contribution in [2.24, 2.45) is 35.5 Å². The first-order chi connectivity index (χ1) is 22.5. The summed E-state index contributed by atoms with van der Waals surface area (Å²) >= 11 is 0. The Kier molecular flexibility index (Phi) is 19.2. The van der Waals surface area contributed by atoms with Gasteiger partial charge in [-0.3, -0.25) is 4.79 Å². The Morgan fingerprint density at radius 2 is 1.73 bits per heavy atom. The molecule has 9 heteroatoms. The highest BCUT2D eigenvalue weighted by Gasteiger charge is 2.38. The van der Waals surface area contributed by atoms with E-state index in [1.165, 1.54) is 26.4 Å². The number of ether oxygens (including phenoxy) is 3. The van der Waals surface area contributed by atoms with Gasteiger partial charge in [-0.05, 0) is 51.7 Å². The number of cyclic esters (lactones) is 1. The second-order valence-electron chi connectivity index (χ2n) is 13.5. The van der Waals surface area contributed by atoms with Gasteiger partial charge in [-0.2, -0.15) is 0 Å². The predicted octanol–water partition coefficient (Wildman–Crippen LogP) is 5.65. The second-order valence-corrected chi connectivity index (χ2v) is 13.5. The first-order valence-electron chi connectivity index (χ1n) is 17.1. The van der Waals surface area contributed by atoms with Crippen molar-refractivity contribution >= 4 is 11.8 Å². The van der Waals surface area contributed by atoms with Gasteiger partial charge in [0, 0.05) is 36.7 Å². The minimum atomic E-state index is -1.22. The van der Waals surface area contributed by atoms with E-state index in [1.807, 2.05) is 39.8 Å². The van der Waals surface area contributed by atoms with Gasteiger partial charge in [-0.15, -0.1) is 0 Å². The number of ketones is 1. The van der Waals surface area contributed by atoms with Gasteiger partial charge in [-0.1, -0.05) is 95.2 Å². The first-order valence-corrected chi connectivity index (χ1v) is 17.1. The van der Waals surface area contributed by atoms with Gasteiger partial charge >= 0.3 is 5.97 Å². The van der Waals surface area contributed by atoms with Gasteiger partial charge in [0.2, 0.25) is 5.76 Å². The van der Waals surface area contributed by atoms with Crippen LogP contribution in [0.5, 0.6) is 0 Å². The van der Waals surface area contributed by atoms with Gasteiger partial charge in [0.15, 0.2) is 5.78 Å². The fourth-order valence-corrected chi connectivity index (χ4v) is 6.17. The van der Waals surface area contributed by atoms with Crippen LogP contribution in [0, 0.1) is 35.5 Å². The minimum Gasteiger partial charge on any atom is -0.490 e. The summed E-state index contributed by atoms with van der Waals surface area (Å²) in [5.74, 6) is -3.92. The lowest BCUT2D eigenvalue weighted by molar-refractivity contribution is -0.162. The van der Waals surface area contributed by atoms with Crippen LogP contribution in [-0.2, 0) is 23.8 Å². The van der Waals surface area contributed by atoms with Crippen molar-refractivity contribution in [2.75, 3.05) is 14.2 Å². The average molecular weight is 675 g/mol. The van der Waals surface area contributed by atoms with Crippen LogP contribution in [0.25, 0.3) is 0 Å². The summed E-state index contributed by atoms with van der Waals surface area (Å²) in [5, 5.41) is 44.0. The maximum atomic E-state index is 13.6. The number of esters is 1. The third kappa shape index (κ3) is 12.9. The smallest absolute Gasteiger partial charge is 0.373 e. The van der Waals surface area contributed by atoms with Crippen molar-refractivity contribution in [1.29, 1.82) is 0 Å². The molecule has 0 amide bonds. The molecule has 4 N–H and O–H groups in total. The molecule has 0 saturated carbocycles. The normalized spacial score (nSPS) is 30.3. The molecule has 1 rings (SSSR count). The zero-order valence-electron chi connectivity index (χ0n) is 30.9. The number of allylic oxidation sites excluding steroid dienone is 7. The molecule has 12 unspecified atom stereocenters. The number of hydrogen-bond donors (Lipinski definition) is 4. The lowest BCUT2D eigenvalue weighted by Gasteiger charge is -2.34. The van der Waals surface area contributed by atoms with E-state index in [9.17, 15) is 30.0 Å². The summed E-state index contributed by atoms with van der Waals surface area (Å²) in [7, 11) is 2.83. The standard InChI is InChI=1S/C39H62O9/c1-12-15-31(40)25(5)18-19-32(41)28(8)37(44)29(9)38-33(46-10)17-14-16-23(3)20-26(6)35(42)30(13-2)36(43)27(7)21-24(4)22-34(47-11)39(45)48-38/h12,14-19,21-22,25-31,33,35-38,40,42-44H,13,20H2,1-11H3. The Labute approximate surface area is 288 Å². The number of carbonyl (C=O) groups is 2. The van der Waals surface area contributed by atoms with E-state index in [2.05, 4.69) is 0 Å². The zero-order valence-corrected chi connectivity index (χ0v) is 30.9. The van der Waals surface area contributed by atoms with Crippen molar-refractivity contribution in [3.05, 3.63) is 71.6 Å². The van der Waals surface area contributed by atoms with Crippen molar-refractivity contribution in [1.82, 2.24) is 0 Å². The molecule has 1 aliphatic rings. The van der Waals surface area contributed by atoms with Crippen LogP contribution in [0.2, 0.25) is 0 Å². The van der Waals surface area contributed by atoms with Crippen LogP contribution < -0.4 is 0 Å². The van der Waals surface area contributed by atoms with E-state index < -0.39 is 54.4 Å². The van der Waals surface area contributed by atoms with E-state index in [4.69, 9.17) is 14.2 Å². The number of aliphatic hydroxyl groups is 4. The SMILES string of the molecule is CC=CC(O)C(C)C=CC(=O)C(C)C(O)C(C)C1OC(=O)C(OC)=CC(C)=CC(C)C(O)C(CC)C(O)C(C)CC(C)=CC=CC1OC. The Morgan fingerprint density at radius 3 is 2.29 bits per heavy atom. The molecule has 0 spiro atoms. The fourth-order valence-electron chi connectivity index (χ4n) is 6.17. The first kappa shape index (κ1) is 43.2. The lowest BCUT2D eigenvalue weighted by Crippen LogP contribution is -2.45. The largest absolute Gasteiger partial charge is 0.490 e. The molecule has 0 aromatic carbocycles. The van der Waals surface area contributed by atoms with Crippen LogP contribution in [-0.4, -0.2) is 83.0 Å². The van der Waals surface area contributed by atoms with Gasteiger partial charge in [0.1, 0.15) is 12.2 Å². The van der Waals surface area contributed by atoms with E-state index in [-0.39, 0.29) is 35.2 Å². The maximum absolute atomic E-state index is 13.6. The van der Waals surface area contributed by atoms with Crippen molar-refractivity contribution in [2.45, 2.75) is 112 Å². The second kappa shape index (κ2) is 21.3. The van der Waals surface area contributed by atoms with Gasteiger partial charge in [0.05, 0.1) is 31.5 Å².